The molecule has 1 fully saturated rings. The van der Waals surface area contributed by atoms with Gasteiger partial charge < -0.3 is 14.8 Å². The molecule has 2 aromatic carbocycles. The lowest BCUT2D eigenvalue weighted by Crippen LogP contribution is -2.33. The number of hydrogen-bond acceptors (Lipinski definition) is 5. The molecule has 28 heavy (non-hydrogen) atoms. The summed E-state index contributed by atoms with van der Waals surface area (Å²) in [4.78, 5) is 8.96. The van der Waals surface area contributed by atoms with Crippen LogP contribution in [0.25, 0.3) is 10.9 Å². The van der Waals surface area contributed by atoms with Gasteiger partial charge in [0.2, 0.25) is 0 Å². The Morgan fingerprint density at radius 2 is 1.82 bits per heavy atom. The summed E-state index contributed by atoms with van der Waals surface area (Å²) in [5.74, 6) is 0.845. The Bertz CT molecular complexity index is 910. The zero-order valence-corrected chi connectivity index (χ0v) is 16.5. The first-order chi connectivity index (χ1) is 13.7. The molecule has 146 valence electrons. The Kier molecular flexibility index (Phi) is 5.84. The average molecular weight is 377 g/mol. The minimum Gasteiger partial charge on any atom is -0.381 e. The van der Waals surface area contributed by atoms with E-state index in [-0.39, 0.29) is 18.2 Å². The van der Waals surface area contributed by atoms with Gasteiger partial charge >= 0.3 is 0 Å². The van der Waals surface area contributed by atoms with E-state index in [1.54, 1.807) is 6.33 Å². The first kappa shape index (κ1) is 18.8. The normalized spacial score (nSPS) is 17.4. The highest BCUT2D eigenvalue weighted by Crippen LogP contribution is 2.29. The third kappa shape index (κ3) is 4.16. The van der Waals surface area contributed by atoms with Gasteiger partial charge in [-0.25, -0.2) is 9.97 Å². The van der Waals surface area contributed by atoms with Gasteiger partial charge in [0.1, 0.15) is 18.2 Å². The zero-order valence-electron chi connectivity index (χ0n) is 16.5. The van der Waals surface area contributed by atoms with E-state index in [0.717, 1.165) is 48.3 Å². The third-order valence-electron chi connectivity index (χ3n) is 5.32. The highest BCUT2D eigenvalue weighted by atomic mass is 16.5. The van der Waals surface area contributed by atoms with Crippen molar-refractivity contribution in [2.24, 2.45) is 0 Å². The summed E-state index contributed by atoms with van der Waals surface area (Å²) >= 11 is 0. The van der Waals surface area contributed by atoms with E-state index < -0.39 is 0 Å². The SMILES string of the molecule is Cc1cccc2c(NC(C)C(OC3CCOCC3)c3ccccc3)ncnc12. The molecule has 0 saturated carbocycles. The largest absolute Gasteiger partial charge is 0.381 e. The Morgan fingerprint density at radius 1 is 1.04 bits per heavy atom. The first-order valence-corrected chi connectivity index (χ1v) is 9.97. The number of rotatable bonds is 6. The summed E-state index contributed by atoms with van der Waals surface area (Å²) in [5, 5.41) is 4.63. The van der Waals surface area contributed by atoms with Crippen LogP contribution in [0.4, 0.5) is 5.82 Å². The molecule has 0 bridgehead atoms. The zero-order chi connectivity index (χ0) is 19.3. The van der Waals surface area contributed by atoms with Gasteiger partial charge in [0, 0.05) is 18.6 Å². The van der Waals surface area contributed by atoms with Crippen LogP contribution >= 0.6 is 0 Å². The van der Waals surface area contributed by atoms with Gasteiger partial charge in [-0.15, -0.1) is 0 Å². The number of nitrogens with zero attached hydrogens (tertiary/aromatic N) is 2. The average Bonchev–Trinajstić information content (AvgIpc) is 2.74. The maximum Gasteiger partial charge on any atom is 0.137 e. The van der Waals surface area contributed by atoms with Crippen LogP contribution in [-0.4, -0.2) is 35.3 Å². The lowest BCUT2D eigenvalue weighted by atomic mass is 10.0. The number of para-hydroxylation sites is 1. The maximum absolute atomic E-state index is 6.56. The molecule has 5 heteroatoms. The van der Waals surface area contributed by atoms with E-state index in [9.17, 15) is 0 Å². The molecule has 2 unspecified atom stereocenters. The van der Waals surface area contributed by atoms with E-state index in [0.29, 0.717) is 0 Å². The second-order valence-electron chi connectivity index (χ2n) is 7.41. The Hall–Kier alpha value is -2.50. The van der Waals surface area contributed by atoms with Crippen LogP contribution in [0.15, 0.2) is 54.9 Å². The van der Waals surface area contributed by atoms with Gasteiger partial charge in [0.05, 0.1) is 17.7 Å². The molecule has 1 saturated heterocycles. The van der Waals surface area contributed by atoms with Crippen molar-refractivity contribution >= 4 is 16.7 Å². The van der Waals surface area contributed by atoms with Crippen molar-refractivity contribution < 1.29 is 9.47 Å². The van der Waals surface area contributed by atoms with Crippen molar-refractivity contribution in [3.05, 3.63) is 66.0 Å². The number of benzene rings is 2. The molecule has 0 radical (unpaired) electrons. The summed E-state index contributed by atoms with van der Waals surface area (Å²) in [5.41, 5.74) is 3.30. The summed E-state index contributed by atoms with van der Waals surface area (Å²) in [7, 11) is 0. The minimum absolute atomic E-state index is 0.0452. The van der Waals surface area contributed by atoms with E-state index in [4.69, 9.17) is 9.47 Å². The van der Waals surface area contributed by atoms with E-state index in [1.807, 2.05) is 12.1 Å². The van der Waals surface area contributed by atoms with Gasteiger partial charge in [-0.2, -0.15) is 0 Å². The van der Waals surface area contributed by atoms with Crippen LogP contribution in [0, 0.1) is 6.92 Å². The van der Waals surface area contributed by atoms with Crippen LogP contribution < -0.4 is 5.32 Å². The van der Waals surface area contributed by atoms with Crippen LogP contribution in [0.2, 0.25) is 0 Å². The quantitative estimate of drug-likeness (QED) is 0.676. The number of aryl methyl sites for hydroxylation is 1. The smallest absolute Gasteiger partial charge is 0.137 e. The lowest BCUT2D eigenvalue weighted by Gasteiger charge is -2.32. The molecule has 1 N–H and O–H groups in total. The monoisotopic (exact) mass is 377 g/mol. The second-order valence-corrected chi connectivity index (χ2v) is 7.41. The van der Waals surface area contributed by atoms with E-state index in [1.165, 1.54) is 5.56 Å². The molecule has 0 spiro atoms. The minimum atomic E-state index is -0.0703. The number of hydrogen-bond donors (Lipinski definition) is 1. The predicted molar refractivity (Wildman–Crippen MR) is 111 cm³/mol. The van der Waals surface area contributed by atoms with Crippen molar-refractivity contribution in [3.8, 4) is 0 Å². The number of ether oxygens (including phenoxy) is 2. The summed E-state index contributed by atoms with van der Waals surface area (Å²) in [6.45, 7) is 5.76. The second kappa shape index (κ2) is 8.67. The summed E-state index contributed by atoms with van der Waals surface area (Å²) in [6, 6.07) is 16.6. The standard InChI is InChI=1S/C23H27N3O2/c1-16-7-6-10-20-21(16)24-15-25-23(20)26-17(2)22(18-8-4-3-5-9-18)28-19-11-13-27-14-12-19/h3-10,15,17,19,22H,11-14H2,1-2H3,(H,24,25,26). The Balaban J connectivity index is 1.60. The molecule has 1 aliphatic heterocycles. The highest BCUT2D eigenvalue weighted by Gasteiger charge is 2.26. The van der Waals surface area contributed by atoms with Crippen LogP contribution in [-0.2, 0) is 9.47 Å². The van der Waals surface area contributed by atoms with Crippen LogP contribution in [0.5, 0.6) is 0 Å². The lowest BCUT2D eigenvalue weighted by molar-refractivity contribution is -0.0738. The van der Waals surface area contributed by atoms with Gasteiger partial charge in [-0.05, 0) is 43.9 Å². The molecule has 1 aromatic heterocycles. The summed E-state index contributed by atoms with van der Waals surface area (Å²) < 4.78 is 12.1. The fraction of sp³-hybridized carbons (Fsp3) is 0.391. The van der Waals surface area contributed by atoms with Gasteiger partial charge in [0.15, 0.2) is 0 Å². The number of nitrogens with one attached hydrogen (secondary N) is 1. The molecule has 1 aliphatic rings. The van der Waals surface area contributed by atoms with Crippen molar-refractivity contribution in [2.75, 3.05) is 18.5 Å². The van der Waals surface area contributed by atoms with Crippen molar-refractivity contribution in [1.29, 1.82) is 0 Å². The molecule has 3 aromatic rings. The highest BCUT2D eigenvalue weighted by molar-refractivity contribution is 5.90. The van der Waals surface area contributed by atoms with E-state index >= 15 is 0 Å². The van der Waals surface area contributed by atoms with Crippen molar-refractivity contribution in [1.82, 2.24) is 9.97 Å². The van der Waals surface area contributed by atoms with Crippen LogP contribution in [0.1, 0.15) is 37.0 Å². The molecule has 2 heterocycles. The third-order valence-corrected chi connectivity index (χ3v) is 5.32. The van der Waals surface area contributed by atoms with Crippen molar-refractivity contribution in [3.63, 3.8) is 0 Å². The molecule has 2 atom stereocenters. The van der Waals surface area contributed by atoms with Gasteiger partial charge in [0.25, 0.3) is 0 Å². The molecule has 4 rings (SSSR count). The number of anilines is 1. The Morgan fingerprint density at radius 3 is 2.61 bits per heavy atom. The van der Waals surface area contributed by atoms with Gasteiger partial charge in [-0.3, -0.25) is 0 Å². The maximum atomic E-state index is 6.56. The molecule has 5 nitrogen and oxygen atoms in total. The number of aromatic nitrogens is 2. The van der Waals surface area contributed by atoms with E-state index in [2.05, 4.69) is 65.5 Å². The fourth-order valence-electron chi connectivity index (χ4n) is 3.79. The van der Waals surface area contributed by atoms with Crippen LogP contribution in [0.3, 0.4) is 0 Å². The number of fused-ring (bicyclic) bond motifs is 1. The Labute approximate surface area is 166 Å². The van der Waals surface area contributed by atoms with Gasteiger partial charge in [-0.1, -0.05) is 42.5 Å². The molecular weight excluding hydrogens is 350 g/mol. The topological polar surface area (TPSA) is 56.3 Å². The van der Waals surface area contributed by atoms with Crippen molar-refractivity contribution in [2.45, 2.75) is 44.9 Å². The first-order valence-electron chi connectivity index (χ1n) is 9.97. The molecular formula is C23H27N3O2. The summed E-state index contributed by atoms with van der Waals surface area (Å²) in [6.07, 6.45) is 3.64. The molecule has 0 amide bonds. The molecule has 0 aliphatic carbocycles. The fourth-order valence-corrected chi connectivity index (χ4v) is 3.79. The predicted octanol–water partition coefficient (Wildman–Crippen LogP) is 4.68.